The fraction of sp³-hybridized carbons (Fsp3) is 0.312. The second-order valence-corrected chi connectivity index (χ2v) is 8.78. The van der Waals surface area contributed by atoms with Crippen LogP contribution in [0.25, 0.3) is 0 Å². The van der Waals surface area contributed by atoms with Crippen LogP contribution in [0.3, 0.4) is 0 Å². The molecule has 1 atom stereocenters. The Morgan fingerprint density at radius 1 is 1.29 bits per heavy atom. The molecule has 0 N–H and O–H groups in total. The van der Waals surface area contributed by atoms with Crippen molar-refractivity contribution >= 4 is 38.9 Å². The van der Waals surface area contributed by atoms with E-state index in [2.05, 4.69) is 0 Å². The second-order valence-electron chi connectivity index (χ2n) is 5.70. The van der Waals surface area contributed by atoms with Crippen molar-refractivity contribution in [1.82, 2.24) is 4.90 Å². The zero-order valence-corrected chi connectivity index (χ0v) is 14.9. The van der Waals surface area contributed by atoms with Gasteiger partial charge in [-0.25, -0.2) is 8.42 Å². The maximum absolute atomic E-state index is 12.8. The Balaban J connectivity index is 1.91. The van der Waals surface area contributed by atoms with Crippen LogP contribution in [0.5, 0.6) is 0 Å². The van der Waals surface area contributed by atoms with E-state index in [0.717, 1.165) is 0 Å². The van der Waals surface area contributed by atoms with E-state index >= 15 is 0 Å². The molecule has 2 heterocycles. The Morgan fingerprint density at radius 2 is 2.08 bits per heavy atom. The lowest BCUT2D eigenvalue weighted by molar-refractivity contribution is 0.0648. The average molecular weight is 388 g/mol. The minimum atomic E-state index is -3.13. The third kappa shape index (κ3) is 3.77. The average Bonchev–Trinajstić information content (AvgIpc) is 3.15. The van der Waals surface area contributed by atoms with Crippen molar-refractivity contribution in [1.29, 1.82) is 0 Å². The van der Waals surface area contributed by atoms with Crippen LogP contribution < -0.4 is 0 Å². The quantitative estimate of drug-likeness (QED) is 0.805. The predicted octanol–water partition coefficient (Wildman–Crippen LogP) is 3.42. The zero-order valence-electron chi connectivity index (χ0n) is 12.6. The van der Waals surface area contributed by atoms with Gasteiger partial charge in [0.25, 0.3) is 5.91 Å². The van der Waals surface area contributed by atoms with Crippen LogP contribution in [0.4, 0.5) is 0 Å². The molecular formula is C16H15Cl2NO4S. The van der Waals surface area contributed by atoms with Gasteiger partial charge in [0, 0.05) is 22.6 Å². The standard InChI is InChI=1S/C16H15Cl2NO4S/c17-12-4-3-11(14(18)8-12)9-19(13-5-7-24(21,22)10-13)16(20)15-2-1-6-23-15/h1-4,6,8,13H,5,7,9-10H2/t13-/m0/s1. The summed E-state index contributed by atoms with van der Waals surface area (Å²) in [5.74, 6) is -0.156. The highest BCUT2D eigenvalue weighted by Crippen LogP contribution is 2.27. The van der Waals surface area contributed by atoms with Gasteiger partial charge in [-0.15, -0.1) is 0 Å². The van der Waals surface area contributed by atoms with Gasteiger partial charge in [0.15, 0.2) is 15.6 Å². The van der Waals surface area contributed by atoms with E-state index < -0.39 is 15.9 Å². The second kappa shape index (κ2) is 6.78. The lowest BCUT2D eigenvalue weighted by Gasteiger charge is -2.28. The van der Waals surface area contributed by atoms with Crippen LogP contribution in [0.15, 0.2) is 41.0 Å². The van der Waals surface area contributed by atoms with Crippen LogP contribution in [-0.4, -0.2) is 36.8 Å². The van der Waals surface area contributed by atoms with Gasteiger partial charge in [0.1, 0.15) is 0 Å². The van der Waals surface area contributed by atoms with Gasteiger partial charge >= 0.3 is 0 Å². The Morgan fingerprint density at radius 3 is 2.67 bits per heavy atom. The van der Waals surface area contributed by atoms with Crippen LogP contribution in [-0.2, 0) is 16.4 Å². The van der Waals surface area contributed by atoms with E-state index in [1.807, 2.05) is 0 Å². The molecule has 0 spiro atoms. The van der Waals surface area contributed by atoms with Crippen molar-refractivity contribution in [3.05, 3.63) is 58.0 Å². The molecule has 8 heteroatoms. The van der Waals surface area contributed by atoms with Crippen molar-refractivity contribution in [2.45, 2.75) is 19.0 Å². The normalized spacial score (nSPS) is 19.3. The molecule has 0 bridgehead atoms. The van der Waals surface area contributed by atoms with Crippen LogP contribution >= 0.6 is 23.2 Å². The molecule has 1 fully saturated rings. The molecule has 5 nitrogen and oxygen atoms in total. The van der Waals surface area contributed by atoms with Gasteiger partial charge in [0.05, 0.1) is 17.8 Å². The molecule has 1 aliphatic rings. The summed E-state index contributed by atoms with van der Waals surface area (Å²) in [7, 11) is -3.13. The summed E-state index contributed by atoms with van der Waals surface area (Å²) in [5, 5.41) is 0.928. The maximum atomic E-state index is 12.8. The van der Waals surface area contributed by atoms with E-state index in [1.165, 1.54) is 11.2 Å². The summed E-state index contributed by atoms with van der Waals surface area (Å²) >= 11 is 12.1. The molecule has 0 radical (unpaired) electrons. The highest BCUT2D eigenvalue weighted by molar-refractivity contribution is 7.91. The predicted molar refractivity (Wildman–Crippen MR) is 92.1 cm³/mol. The Kier molecular flexibility index (Phi) is 4.90. The highest BCUT2D eigenvalue weighted by atomic mass is 35.5. The number of halogens is 2. The van der Waals surface area contributed by atoms with E-state index in [1.54, 1.807) is 30.3 Å². The SMILES string of the molecule is O=C(c1ccco1)N(Cc1ccc(Cl)cc1Cl)[C@H]1CCS(=O)(=O)C1. The van der Waals surface area contributed by atoms with E-state index in [-0.39, 0.29) is 29.7 Å². The minimum absolute atomic E-state index is 0.0509. The van der Waals surface area contributed by atoms with Gasteiger partial charge in [-0.3, -0.25) is 4.79 Å². The molecule has 0 aliphatic carbocycles. The topological polar surface area (TPSA) is 67.6 Å². The third-order valence-corrected chi connectivity index (χ3v) is 6.34. The first kappa shape index (κ1) is 17.3. The van der Waals surface area contributed by atoms with Gasteiger partial charge in [0.2, 0.25) is 0 Å². The fourth-order valence-corrected chi connectivity index (χ4v) is 4.96. The number of carbonyl (C=O) groups excluding carboxylic acids is 1. The van der Waals surface area contributed by atoms with Gasteiger partial charge in [-0.2, -0.15) is 0 Å². The van der Waals surface area contributed by atoms with E-state index in [0.29, 0.717) is 22.0 Å². The molecule has 1 amide bonds. The first-order valence-electron chi connectivity index (χ1n) is 7.34. The minimum Gasteiger partial charge on any atom is -0.459 e. The number of nitrogens with zero attached hydrogens (tertiary/aromatic N) is 1. The molecule has 1 saturated heterocycles. The molecular weight excluding hydrogens is 373 g/mol. The maximum Gasteiger partial charge on any atom is 0.290 e. The van der Waals surface area contributed by atoms with Crippen molar-refractivity contribution in [3.63, 3.8) is 0 Å². The lowest BCUT2D eigenvalue weighted by atomic mass is 10.1. The number of rotatable bonds is 4. The van der Waals surface area contributed by atoms with Gasteiger partial charge < -0.3 is 9.32 Å². The molecule has 128 valence electrons. The largest absolute Gasteiger partial charge is 0.459 e. The van der Waals surface area contributed by atoms with Crippen molar-refractivity contribution in [2.75, 3.05) is 11.5 Å². The summed E-state index contributed by atoms with van der Waals surface area (Å²) in [6.45, 7) is 0.190. The Hall–Kier alpha value is -1.50. The molecule has 24 heavy (non-hydrogen) atoms. The van der Waals surface area contributed by atoms with Crippen molar-refractivity contribution < 1.29 is 17.6 Å². The lowest BCUT2D eigenvalue weighted by Crippen LogP contribution is -2.40. The molecule has 1 aliphatic heterocycles. The smallest absolute Gasteiger partial charge is 0.290 e. The summed E-state index contributed by atoms with van der Waals surface area (Å²) in [4.78, 5) is 14.3. The first-order chi connectivity index (χ1) is 11.4. The molecule has 0 unspecified atom stereocenters. The van der Waals surface area contributed by atoms with Crippen molar-refractivity contribution in [3.8, 4) is 0 Å². The monoisotopic (exact) mass is 387 g/mol. The summed E-state index contributed by atoms with van der Waals surface area (Å²) in [6.07, 6.45) is 1.81. The Bertz CT molecular complexity index is 849. The summed E-state index contributed by atoms with van der Waals surface area (Å²) < 4.78 is 28.8. The van der Waals surface area contributed by atoms with Crippen LogP contribution in [0, 0.1) is 0 Å². The molecule has 0 saturated carbocycles. The summed E-state index contributed by atoms with van der Waals surface area (Å²) in [5.41, 5.74) is 0.699. The molecule has 1 aromatic carbocycles. The first-order valence-corrected chi connectivity index (χ1v) is 9.92. The van der Waals surface area contributed by atoms with Crippen LogP contribution in [0.2, 0.25) is 10.0 Å². The number of hydrogen-bond acceptors (Lipinski definition) is 4. The van der Waals surface area contributed by atoms with Crippen LogP contribution in [0.1, 0.15) is 22.5 Å². The van der Waals surface area contributed by atoms with E-state index in [4.69, 9.17) is 27.6 Å². The number of furan rings is 1. The number of amides is 1. The molecule has 1 aromatic heterocycles. The summed E-state index contributed by atoms with van der Waals surface area (Å²) in [6, 6.07) is 7.79. The molecule has 2 aromatic rings. The number of sulfone groups is 1. The highest BCUT2D eigenvalue weighted by Gasteiger charge is 2.36. The Labute approximate surface area is 150 Å². The molecule has 3 rings (SSSR count). The van der Waals surface area contributed by atoms with Gasteiger partial charge in [-0.1, -0.05) is 29.3 Å². The van der Waals surface area contributed by atoms with Gasteiger partial charge in [-0.05, 0) is 36.2 Å². The van der Waals surface area contributed by atoms with E-state index in [9.17, 15) is 13.2 Å². The zero-order chi connectivity index (χ0) is 17.3. The fourth-order valence-electron chi connectivity index (χ4n) is 2.76. The van der Waals surface area contributed by atoms with Crippen molar-refractivity contribution in [2.24, 2.45) is 0 Å². The number of carbonyl (C=O) groups is 1. The number of benzene rings is 1. The third-order valence-electron chi connectivity index (χ3n) is 4.00. The number of hydrogen-bond donors (Lipinski definition) is 0.